The third-order valence-electron chi connectivity index (χ3n) is 4.32. The van der Waals surface area contributed by atoms with Gasteiger partial charge >= 0.3 is 0 Å². The first-order valence-electron chi connectivity index (χ1n) is 6.91. The lowest BCUT2D eigenvalue weighted by Gasteiger charge is -2.40. The van der Waals surface area contributed by atoms with Crippen molar-refractivity contribution in [2.45, 2.75) is 64.8 Å². The molecule has 5 atom stereocenters. The van der Waals surface area contributed by atoms with Gasteiger partial charge in [0, 0.05) is 13.0 Å². The summed E-state index contributed by atoms with van der Waals surface area (Å²) in [6, 6.07) is 0. The van der Waals surface area contributed by atoms with Crippen LogP contribution in [0, 0.1) is 11.8 Å². The molecule has 98 valence electrons. The molecule has 2 fully saturated rings. The number of ketones is 1. The van der Waals surface area contributed by atoms with Gasteiger partial charge in [0.15, 0.2) is 5.78 Å². The molecule has 5 unspecified atom stereocenters. The van der Waals surface area contributed by atoms with Crippen molar-refractivity contribution in [3.8, 4) is 0 Å². The highest BCUT2D eigenvalue weighted by atomic mass is 16.6. The van der Waals surface area contributed by atoms with Gasteiger partial charge in [-0.2, -0.15) is 0 Å². The second-order valence-corrected chi connectivity index (χ2v) is 5.61. The van der Waals surface area contributed by atoms with Crippen LogP contribution in [0.25, 0.3) is 0 Å². The Bertz CT molecular complexity index is 277. The molecule has 2 rings (SSSR count). The lowest BCUT2D eigenvalue weighted by molar-refractivity contribution is -0.177. The summed E-state index contributed by atoms with van der Waals surface area (Å²) >= 11 is 0. The average molecular weight is 240 g/mol. The molecule has 0 aromatic rings. The van der Waals surface area contributed by atoms with Crippen molar-refractivity contribution in [3.63, 3.8) is 0 Å². The highest BCUT2D eigenvalue weighted by Crippen LogP contribution is 2.34. The molecule has 0 spiro atoms. The molecular weight excluding hydrogens is 216 g/mol. The second-order valence-electron chi connectivity index (χ2n) is 5.61. The summed E-state index contributed by atoms with van der Waals surface area (Å²) in [6.07, 6.45) is 4.13. The topological polar surface area (TPSA) is 35.5 Å². The molecule has 0 aromatic carbocycles. The first-order chi connectivity index (χ1) is 8.11. The van der Waals surface area contributed by atoms with E-state index in [2.05, 4.69) is 13.8 Å². The Kier molecular flexibility index (Phi) is 4.21. The van der Waals surface area contributed by atoms with E-state index < -0.39 is 0 Å². The highest BCUT2D eigenvalue weighted by Gasteiger charge is 2.43. The minimum absolute atomic E-state index is 0.0213. The van der Waals surface area contributed by atoms with Crippen molar-refractivity contribution in [2.24, 2.45) is 11.8 Å². The Morgan fingerprint density at radius 1 is 1.24 bits per heavy atom. The molecule has 0 aromatic heterocycles. The van der Waals surface area contributed by atoms with Crippen molar-refractivity contribution >= 4 is 5.78 Å². The Hall–Kier alpha value is -0.410. The predicted molar refractivity (Wildman–Crippen MR) is 65.9 cm³/mol. The Morgan fingerprint density at radius 3 is 2.59 bits per heavy atom. The molecule has 0 N–H and O–H groups in total. The van der Waals surface area contributed by atoms with Gasteiger partial charge in [-0.15, -0.1) is 0 Å². The fraction of sp³-hybridized carbons (Fsp3) is 0.929. The van der Waals surface area contributed by atoms with Gasteiger partial charge in [0.1, 0.15) is 6.10 Å². The van der Waals surface area contributed by atoms with E-state index in [1.807, 2.05) is 6.92 Å². The molecule has 0 radical (unpaired) electrons. The maximum Gasteiger partial charge on any atom is 0.166 e. The van der Waals surface area contributed by atoms with Crippen molar-refractivity contribution < 1.29 is 14.3 Å². The molecule has 2 aliphatic rings. The Balaban J connectivity index is 1.79. The molecule has 0 heterocycles. The van der Waals surface area contributed by atoms with E-state index in [9.17, 15) is 4.79 Å². The lowest BCUT2D eigenvalue weighted by Crippen LogP contribution is -2.52. The first kappa shape index (κ1) is 13.0. The Morgan fingerprint density at radius 2 is 2.00 bits per heavy atom. The van der Waals surface area contributed by atoms with Gasteiger partial charge in [-0.25, -0.2) is 0 Å². The zero-order valence-electron chi connectivity index (χ0n) is 11.1. The summed E-state index contributed by atoms with van der Waals surface area (Å²) in [5, 5.41) is 0. The maximum atomic E-state index is 11.4. The molecule has 3 nitrogen and oxygen atoms in total. The van der Waals surface area contributed by atoms with Crippen LogP contribution >= 0.6 is 0 Å². The molecular formula is C14H24O3. The maximum absolute atomic E-state index is 11.4. The van der Waals surface area contributed by atoms with Gasteiger partial charge in [0.2, 0.25) is 0 Å². The van der Waals surface area contributed by atoms with E-state index >= 15 is 0 Å². The van der Waals surface area contributed by atoms with Crippen LogP contribution in [-0.4, -0.2) is 30.7 Å². The number of ether oxygens (including phenoxy) is 2. The number of carbonyl (C=O) groups is 1. The monoisotopic (exact) mass is 240 g/mol. The molecule has 0 bridgehead atoms. The van der Waals surface area contributed by atoms with Crippen molar-refractivity contribution in [1.82, 2.24) is 0 Å². The van der Waals surface area contributed by atoms with E-state index in [0.29, 0.717) is 19.1 Å². The largest absolute Gasteiger partial charge is 0.371 e. The SMILES string of the molecule is CCOC1C(=O)CC1OC1CCC(C)C(C)C1. The van der Waals surface area contributed by atoms with Crippen LogP contribution in [0.15, 0.2) is 0 Å². The zero-order valence-corrected chi connectivity index (χ0v) is 11.1. The summed E-state index contributed by atoms with van der Waals surface area (Å²) in [6.45, 7) is 7.13. The molecule has 0 amide bonds. The number of carbonyl (C=O) groups excluding carboxylic acids is 1. The number of rotatable bonds is 4. The summed E-state index contributed by atoms with van der Waals surface area (Å²) in [5.41, 5.74) is 0. The highest BCUT2D eigenvalue weighted by molar-refractivity contribution is 5.90. The van der Waals surface area contributed by atoms with Crippen LogP contribution in [0.3, 0.4) is 0 Å². The van der Waals surface area contributed by atoms with Crippen LogP contribution < -0.4 is 0 Å². The molecule has 3 heteroatoms. The molecule has 0 saturated heterocycles. The van der Waals surface area contributed by atoms with Gasteiger partial charge in [-0.05, 0) is 38.0 Å². The predicted octanol–water partition coefficient (Wildman–Crippen LogP) is 2.57. The minimum atomic E-state index is -0.283. The minimum Gasteiger partial charge on any atom is -0.371 e. The number of hydrogen-bond acceptors (Lipinski definition) is 3. The summed E-state index contributed by atoms with van der Waals surface area (Å²) < 4.78 is 11.5. The fourth-order valence-corrected chi connectivity index (χ4v) is 2.84. The third-order valence-corrected chi connectivity index (χ3v) is 4.32. The van der Waals surface area contributed by atoms with Crippen LogP contribution in [0.2, 0.25) is 0 Å². The molecule has 17 heavy (non-hydrogen) atoms. The van der Waals surface area contributed by atoms with Crippen LogP contribution in [-0.2, 0) is 14.3 Å². The van der Waals surface area contributed by atoms with Crippen molar-refractivity contribution in [1.29, 1.82) is 0 Å². The lowest BCUT2D eigenvalue weighted by atomic mass is 9.80. The molecule has 2 aliphatic carbocycles. The van der Waals surface area contributed by atoms with E-state index in [4.69, 9.17) is 9.47 Å². The molecule has 2 saturated carbocycles. The molecule has 0 aliphatic heterocycles. The van der Waals surface area contributed by atoms with E-state index in [0.717, 1.165) is 24.7 Å². The fourth-order valence-electron chi connectivity index (χ4n) is 2.84. The number of Topliss-reactive ketones (excluding diaryl/α,β-unsaturated/α-hetero) is 1. The van der Waals surface area contributed by atoms with Gasteiger partial charge in [0.25, 0.3) is 0 Å². The van der Waals surface area contributed by atoms with Gasteiger partial charge in [-0.3, -0.25) is 4.79 Å². The Labute approximate surface area is 104 Å². The average Bonchev–Trinajstić information content (AvgIpc) is 2.30. The second kappa shape index (κ2) is 5.49. The van der Waals surface area contributed by atoms with Gasteiger partial charge in [0.05, 0.1) is 12.2 Å². The van der Waals surface area contributed by atoms with Crippen LogP contribution in [0.5, 0.6) is 0 Å². The third kappa shape index (κ3) is 2.89. The normalized spacial score (nSPS) is 42.3. The van der Waals surface area contributed by atoms with E-state index in [-0.39, 0.29) is 18.0 Å². The van der Waals surface area contributed by atoms with Crippen LogP contribution in [0.1, 0.15) is 46.5 Å². The smallest absolute Gasteiger partial charge is 0.166 e. The van der Waals surface area contributed by atoms with Crippen LogP contribution in [0.4, 0.5) is 0 Å². The first-order valence-corrected chi connectivity index (χ1v) is 6.91. The van der Waals surface area contributed by atoms with Crippen molar-refractivity contribution in [3.05, 3.63) is 0 Å². The standard InChI is InChI=1S/C14H24O3/c1-4-16-14-12(15)8-13(14)17-11-6-5-9(2)10(3)7-11/h9-11,13-14H,4-8H2,1-3H3. The quantitative estimate of drug-likeness (QED) is 0.757. The van der Waals surface area contributed by atoms with Gasteiger partial charge < -0.3 is 9.47 Å². The summed E-state index contributed by atoms with van der Waals surface area (Å²) in [4.78, 5) is 11.4. The van der Waals surface area contributed by atoms with Gasteiger partial charge in [-0.1, -0.05) is 13.8 Å². The van der Waals surface area contributed by atoms with Crippen molar-refractivity contribution in [2.75, 3.05) is 6.61 Å². The van der Waals surface area contributed by atoms with E-state index in [1.54, 1.807) is 0 Å². The number of hydrogen-bond donors (Lipinski definition) is 0. The summed E-state index contributed by atoms with van der Waals surface area (Å²) in [7, 11) is 0. The zero-order chi connectivity index (χ0) is 12.4. The summed E-state index contributed by atoms with van der Waals surface area (Å²) in [5.74, 6) is 1.74. The van der Waals surface area contributed by atoms with E-state index in [1.165, 1.54) is 6.42 Å².